The predicted octanol–water partition coefficient (Wildman–Crippen LogP) is 2.50. The molecule has 0 saturated carbocycles. The zero-order valence-corrected chi connectivity index (χ0v) is 11.2. The molecule has 0 bridgehead atoms. The van der Waals surface area contributed by atoms with E-state index in [1.54, 1.807) is 6.20 Å². The fourth-order valence-corrected chi connectivity index (χ4v) is 2.28. The monoisotopic (exact) mass is 255 g/mol. The second kappa shape index (κ2) is 4.42. The topological polar surface area (TPSA) is 61.1 Å². The fourth-order valence-electron chi connectivity index (χ4n) is 2.28. The molecular weight excluding hydrogens is 238 g/mol. The van der Waals surface area contributed by atoms with E-state index in [1.165, 1.54) is 5.56 Å². The lowest BCUT2D eigenvalue weighted by atomic mass is 10.3. The van der Waals surface area contributed by atoms with Crippen LogP contribution in [0.5, 0.6) is 0 Å². The molecule has 98 valence electrons. The molecule has 19 heavy (non-hydrogen) atoms. The molecule has 0 radical (unpaired) electrons. The molecule has 0 fully saturated rings. The average Bonchev–Trinajstić information content (AvgIpc) is 2.95. The number of hydrogen-bond acceptors (Lipinski definition) is 3. The van der Waals surface area contributed by atoms with Crippen molar-refractivity contribution in [2.45, 2.75) is 26.8 Å². The van der Waals surface area contributed by atoms with E-state index in [0.29, 0.717) is 5.82 Å². The Labute approximate surface area is 111 Å². The van der Waals surface area contributed by atoms with E-state index in [0.717, 1.165) is 30.0 Å². The van der Waals surface area contributed by atoms with Crippen molar-refractivity contribution in [3.63, 3.8) is 0 Å². The third-order valence-electron chi connectivity index (χ3n) is 3.21. The van der Waals surface area contributed by atoms with Gasteiger partial charge >= 0.3 is 0 Å². The molecule has 0 atom stereocenters. The molecule has 0 spiro atoms. The zero-order valence-electron chi connectivity index (χ0n) is 11.2. The molecule has 3 rings (SSSR count). The molecule has 3 aromatic heterocycles. The second-order valence-electron chi connectivity index (χ2n) is 4.72. The standard InChI is InChI=1S/C14H17N5/c1-3-7-19-11(4-6-16-19)13-14(15)18-8-5-10(2)9-12(18)17-13/h4-6,8-9H,3,7,15H2,1-2H3. The highest BCUT2D eigenvalue weighted by Crippen LogP contribution is 2.26. The van der Waals surface area contributed by atoms with E-state index < -0.39 is 0 Å². The molecular formula is C14H17N5. The number of rotatable bonds is 3. The van der Waals surface area contributed by atoms with Crippen LogP contribution in [0, 0.1) is 6.92 Å². The number of aromatic nitrogens is 4. The van der Waals surface area contributed by atoms with Crippen LogP contribution in [0.25, 0.3) is 17.0 Å². The summed E-state index contributed by atoms with van der Waals surface area (Å²) in [6, 6.07) is 6.01. The molecule has 0 aromatic carbocycles. The van der Waals surface area contributed by atoms with Gasteiger partial charge in [0.1, 0.15) is 17.2 Å². The quantitative estimate of drug-likeness (QED) is 0.782. The van der Waals surface area contributed by atoms with Crippen LogP contribution in [0.2, 0.25) is 0 Å². The van der Waals surface area contributed by atoms with E-state index in [-0.39, 0.29) is 0 Å². The van der Waals surface area contributed by atoms with Gasteiger partial charge in [-0.15, -0.1) is 0 Å². The minimum Gasteiger partial charge on any atom is -0.383 e. The van der Waals surface area contributed by atoms with Gasteiger partial charge in [0.15, 0.2) is 0 Å². The van der Waals surface area contributed by atoms with E-state index in [1.807, 2.05) is 40.4 Å². The summed E-state index contributed by atoms with van der Waals surface area (Å²) in [6.45, 7) is 5.04. The van der Waals surface area contributed by atoms with Crippen molar-refractivity contribution in [2.24, 2.45) is 0 Å². The van der Waals surface area contributed by atoms with Gasteiger partial charge in [0, 0.05) is 18.9 Å². The summed E-state index contributed by atoms with van der Waals surface area (Å²) in [5.41, 5.74) is 10.0. The van der Waals surface area contributed by atoms with Crippen LogP contribution in [-0.4, -0.2) is 19.2 Å². The SMILES string of the molecule is CCCn1nccc1-c1nc2cc(C)ccn2c1N. The van der Waals surface area contributed by atoms with Gasteiger partial charge in [-0.3, -0.25) is 9.08 Å². The lowest BCUT2D eigenvalue weighted by Gasteiger charge is -2.04. The Kier molecular flexibility index (Phi) is 2.74. The summed E-state index contributed by atoms with van der Waals surface area (Å²) >= 11 is 0. The maximum atomic E-state index is 6.20. The number of nitrogen functional groups attached to an aromatic ring is 1. The lowest BCUT2D eigenvalue weighted by molar-refractivity contribution is 0.608. The maximum Gasteiger partial charge on any atom is 0.139 e. The van der Waals surface area contributed by atoms with Crippen LogP contribution in [0.3, 0.4) is 0 Å². The van der Waals surface area contributed by atoms with Crippen molar-refractivity contribution in [2.75, 3.05) is 5.73 Å². The fraction of sp³-hybridized carbons (Fsp3) is 0.286. The van der Waals surface area contributed by atoms with E-state index >= 15 is 0 Å². The van der Waals surface area contributed by atoms with Gasteiger partial charge in [-0.1, -0.05) is 6.92 Å². The van der Waals surface area contributed by atoms with Crippen molar-refractivity contribution >= 4 is 11.5 Å². The van der Waals surface area contributed by atoms with Gasteiger partial charge in [-0.2, -0.15) is 5.10 Å². The Morgan fingerprint density at radius 3 is 2.95 bits per heavy atom. The Balaban J connectivity index is 2.19. The number of aryl methyl sites for hydroxylation is 2. The zero-order chi connectivity index (χ0) is 13.4. The molecule has 5 nitrogen and oxygen atoms in total. The highest BCUT2D eigenvalue weighted by Gasteiger charge is 2.14. The molecule has 0 amide bonds. The maximum absolute atomic E-state index is 6.20. The van der Waals surface area contributed by atoms with Crippen LogP contribution >= 0.6 is 0 Å². The molecule has 5 heteroatoms. The summed E-state index contributed by atoms with van der Waals surface area (Å²) in [4.78, 5) is 4.64. The van der Waals surface area contributed by atoms with Crippen LogP contribution < -0.4 is 5.73 Å². The van der Waals surface area contributed by atoms with Gasteiger partial charge in [0.05, 0.1) is 5.69 Å². The van der Waals surface area contributed by atoms with E-state index in [4.69, 9.17) is 5.73 Å². The molecule has 0 aliphatic heterocycles. The first kappa shape index (κ1) is 11.8. The average molecular weight is 255 g/mol. The molecule has 0 aliphatic rings. The normalized spacial score (nSPS) is 11.3. The number of hydrogen-bond donors (Lipinski definition) is 1. The molecule has 0 aliphatic carbocycles. The van der Waals surface area contributed by atoms with Crippen molar-refractivity contribution in [1.82, 2.24) is 19.2 Å². The first-order valence-electron chi connectivity index (χ1n) is 6.47. The number of anilines is 1. The summed E-state index contributed by atoms with van der Waals surface area (Å²) in [5, 5.41) is 4.32. The number of pyridine rings is 1. The Bertz CT molecular complexity index is 723. The third-order valence-corrected chi connectivity index (χ3v) is 3.21. The van der Waals surface area contributed by atoms with Crippen LogP contribution in [0.4, 0.5) is 5.82 Å². The Hall–Kier alpha value is -2.30. The van der Waals surface area contributed by atoms with Crippen molar-refractivity contribution in [1.29, 1.82) is 0 Å². The molecule has 0 saturated heterocycles. The van der Waals surface area contributed by atoms with Crippen molar-refractivity contribution < 1.29 is 0 Å². The minimum absolute atomic E-state index is 0.660. The highest BCUT2D eigenvalue weighted by atomic mass is 15.3. The number of imidazole rings is 1. The molecule has 3 heterocycles. The van der Waals surface area contributed by atoms with Crippen LogP contribution in [0.15, 0.2) is 30.6 Å². The highest BCUT2D eigenvalue weighted by molar-refractivity contribution is 5.72. The van der Waals surface area contributed by atoms with E-state index in [2.05, 4.69) is 17.0 Å². The first-order valence-corrected chi connectivity index (χ1v) is 6.47. The number of nitrogens with two attached hydrogens (primary N) is 1. The summed E-state index contributed by atoms with van der Waals surface area (Å²) in [5.74, 6) is 0.660. The number of nitrogens with zero attached hydrogens (tertiary/aromatic N) is 4. The molecule has 2 N–H and O–H groups in total. The number of fused-ring (bicyclic) bond motifs is 1. The molecule has 3 aromatic rings. The molecule has 0 unspecified atom stereocenters. The Morgan fingerprint density at radius 2 is 2.16 bits per heavy atom. The lowest BCUT2D eigenvalue weighted by Crippen LogP contribution is -2.02. The summed E-state index contributed by atoms with van der Waals surface area (Å²) in [7, 11) is 0. The van der Waals surface area contributed by atoms with Gasteiger partial charge in [0.25, 0.3) is 0 Å². The van der Waals surface area contributed by atoms with Crippen LogP contribution in [0.1, 0.15) is 18.9 Å². The third kappa shape index (κ3) is 1.87. The predicted molar refractivity (Wildman–Crippen MR) is 75.9 cm³/mol. The smallest absolute Gasteiger partial charge is 0.139 e. The first-order chi connectivity index (χ1) is 9.20. The van der Waals surface area contributed by atoms with Crippen molar-refractivity contribution in [3.05, 3.63) is 36.2 Å². The Morgan fingerprint density at radius 1 is 1.32 bits per heavy atom. The second-order valence-corrected chi connectivity index (χ2v) is 4.72. The van der Waals surface area contributed by atoms with E-state index in [9.17, 15) is 0 Å². The van der Waals surface area contributed by atoms with Gasteiger partial charge in [-0.25, -0.2) is 4.98 Å². The summed E-state index contributed by atoms with van der Waals surface area (Å²) < 4.78 is 3.86. The van der Waals surface area contributed by atoms with Crippen molar-refractivity contribution in [3.8, 4) is 11.4 Å². The minimum atomic E-state index is 0.660. The van der Waals surface area contributed by atoms with Crippen LogP contribution in [-0.2, 0) is 6.54 Å². The largest absolute Gasteiger partial charge is 0.383 e. The van der Waals surface area contributed by atoms with Gasteiger partial charge in [0.2, 0.25) is 0 Å². The summed E-state index contributed by atoms with van der Waals surface area (Å²) in [6.07, 6.45) is 4.78. The van der Waals surface area contributed by atoms with Gasteiger partial charge in [-0.05, 0) is 37.1 Å². The van der Waals surface area contributed by atoms with Gasteiger partial charge < -0.3 is 5.73 Å².